The second-order valence-corrected chi connectivity index (χ2v) is 8.31. The number of aromatic nitrogens is 2. The number of hydrogen-bond donors (Lipinski definition) is 0. The van der Waals surface area contributed by atoms with Crippen molar-refractivity contribution in [1.82, 2.24) is 20.0 Å². The van der Waals surface area contributed by atoms with Gasteiger partial charge in [0.15, 0.2) is 0 Å². The van der Waals surface area contributed by atoms with E-state index in [1.165, 1.54) is 22.3 Å². The van der Waals surface area contributed by atoms with Gasteiger partial charge >= 0.3 is 6.09 Å². The highest BCUT2D eigenvalue weighted by molar-refractivity contribution is 5.68. The van der Waals surface area contributed by atoms with Crippen LogP contribution < -0.4 is 0 Å². The standard InChI is InChI=1S/C22H32N4O3/c1-14(2)28-22(27)26-8-7-25(12-16(26)4)13-20-10-15(3)9-19(17(20)5)11-21-24-23-18(6)29-21/h9-10,14,16H,7-8,11-13H2,1-6H3/t16-/m0/s1. The molecule has 1 atom stereocenters. The highest BCUT2D eigenvalue weighted by Crippen LogP contribution is 2.23. The molecule has 0 unspecified atom stereocenters. The summed E-state index contributed by atoms with van der Waals surface area (Å²) < 4.78 is 10.9. The van der Waals surface area contributed by atoms with Gasteiger partial charge in [-0.1, -0.05) is 17.7 Å². The number of nitrogens with zero attached hydrogens (tertiary/aromatic N) is 4. The van der Waals surface area contributed by atoms with Gasteiger partial charge in [0.1, 0.15) is 0 Å². The molecule has 3 rings (SSSR count). The molecule has 1 amide bonds. The molecule has 1 aromatic heterocycles. The highest BCUT2D eigenvalue weighted by Gasteiger charge is 2.29. The molecule has 1 saturated heterocycles. The molecule has 1 fully saturated rings. The third-order valence-corrected chi connectivity index (χ3v) is 5.35. The van der Waals surface area contributed by atoms with Crippen molar-refractivity contribution in [3.63, 3.8) is 0 Å². The minimum Gasteiger partial charge on any atom is -0.447 e. The molecular weight excluding hydrogens is 368 g/mol. The number of ether oxygens (including phenoxy) is 1. The van der Waals surface area contributed by atoms with Crippen molar-refractivity contribution in [2.75, 3.05) is 19.6 Å². The molecule has 0 bridgehead atoms. The van der Waals surface area contributed by atoms with Crippen molar-refractivity contribution in [3.05, 3.63) is 46.2 Å². The lowest BCUT2D eigenvalue weighted by Crippen LogP contribution is -2.54. The first-order valence-corrected chi connectivity index (χ1v) is 10.3. The lowest BCUT2D eigenvalue weighted by atomic mass is 9.96. The van der Waals surface area contributed by atoms with Crippen molar-refractivity contribution >= 4 is 6.09 Å². The Hall–Kier alpha value is -2.41. The summed E-state index contributed by atoms with van der Waals surface area (Å²) in [5, 5.41) is 8.07. The number of hydrogen-bond acceptors (Lipinski definition) is 6. The summed E-state index contributed by atoms with van der Waals surface area (Å²) in [5.74, 6) is 1.24. The Morgan fingerprint density at radius 2 is 1.93 bits per heavy atom. The maximum absolute atomic E-state index is 12.3. The topological polar surface area (TPSA) is 71.7 Å². The zero-order valence-corrected chi connectivity index (χ0v) is 18.4. The second kappa shape index (κ2) is 8.95. The lowest BCUT2D eigenvalue weighted by molar-refractivity contribution is 0.0349. The fourth-order valence-corrected chi connectivity index (χ4v) is 3.89. The van der Waals surface area contributed by atoms with Crippen LogP contribution in [-0.2, 0) is 17.7 Å². The number of piperazine rings is 1. The normalized spacial score (nSPS) is 17.8. The van der Waals surface area contributed by atoms with E-state index in [9.17, 15) is 4.79 Å². The van der Waals surface area contributed by atoms with Crippen LogP contribution in [-0.4, -0.2) is 57.9 Å². The van der Waals surface area contributed by atoms with Crippen LogP contribution in [0.5, 0.6) is 0 Å². The summed E-state index contributed by atoms with van der Waals surface area (Å²) in [6, 6.07) is 4.57. The van der Waals surface area contributed by atoms with Crippen molar-refractivity contribution < 1.29 is 13.9 Å². The fraction of sp³-hybridized carbons (Fsp3) is 0.591. The van der Waals surface area contributed by atoms with Crippen LogP contribution >= 0.6 is 0 Å². The van der Waals surface area contributed by atoms with E-state index in [1.807, 2.05) is 25.7 Å². The van der Waals surface area contributed by atoms with E-state index in [0.717, 1.165) is 19.6 Å². The van der Waals surface area contributed by atoms with Crippen molar-refractivity contribution in [2.45, 2.75) is 66.7 Å². The van der Waals surface area contributed by atoms with E-state index in [4.69, 9.17) is 9.15 Å². The van der Waals surface area contributed by atoms with E-state index in [-0.39, 0.29) is 18.2 Å². The largest absolute Gasteiger partial charge is 0.447 e. The first-order chi connectivity index (χ1) is 13.7. The summed E-state index contributed by atoms with van der Waals surface area (Å²) in [4.78, 5) is 16.5. The maximum atomic E-state index is 12.3. The molecule has 0 spiro atoms. The smallest absolute Gasteiger partial charge is 0.410 e. The van der Waals surface area contributed by atoms with E-state index in [0.29, 0.717) is 24.7 Å². The predicted octanol–water partition coefficient (Wildman–Crippen LogP) is 3.64. The predicted molar refractivity (Wildman–Crippen MR) is 111 cm³/mol. The number of amides is 1. The van der Waals surface area contributed by atoms with Gasteiger partial charge < -0.3 is 14.1 Å². The third kappa shape index (κ3) is 5.35. The molecule has 0 N–H and O–H groups in total. The molecule has 158 valence electrons. The summed E-state index contributed by atoms with van der Waals surface area (Å²) in [5.41, 5.74) is 5.02. The van der Waals surface area contributed by atoms with Crippen molar-refractivity contribution in [1.29, 1.82) is 0 Å². The summed E-state index contributed by atoms with van der Waals surface area (Å²) in [6.07, 6.45) is 0.340. The molecule has 1 aromatic carbocycles. The minimum atomic E-state index is -0.212. The van der Waals surface area contributed by atoms with Gasteiger partial charge in [-0.15, -0.1) is 10.2 Å². The van der Waals surface area contributed by atoms with Crippen LogP contribution in [0.3, 0.4) is 0 Å². The molecule has 1 aliphatic heterocycles. The van der Waals surface area contributed by atoms with E-state index in [1.54, 1.807) is 0 Å². The Morgan fingerprint density at radius 3 is 2.55 bits per heavy atom. The zero-order valence-electron chi connectivity index (χ0n) is 18.4. The lowest BCUT2D eigenvalue weighted by Gasteiger charge is -2.39. The molecule has 7 heteroatoms. The molecule has 2 aromatic rings. The Morgan fingerprint density at radius 1 is 1.21 bits per heavy atom. The van der Waals surface area contributed by atoms with Gasteiger partial charge in [0.05, 0.1) is 12.5 Å². The SMILES string of the molecule is Cc1cc(Cc2nnc(C)o2)c(C)c(CN2CCN(C(=O)OC(C)C)[C@@H](C)C2)c1. The highest BCUT2D eigenvalue weighted by atomic mass is 16.6. The van der Waals surface area contributed by atoms with Crippen LogP contribution in [0.4, 0.5) is 4.79 Å². The molecular formula is C22H32N4O3. The van der Waals surface area contributed by atoms with Crippen LogP contribution in [0.2, 0.25) is 0 Å². The molecule has 29 heavy (non-hydrogen) atoms. The van der Waals surface area contributed by atoms with Gasteiger partial charge in [-0.25, -0.2) is 4.79 Å². The molecule has 7 nitrogen and oxygen atoms in total. The fourth-order valence-electron chi connectivity index (χ4n) is 3.89. The van der Waals surface area contributed by atoms with Gasteiger partial charge in [0.25, 0.3) is 0 Å². The van der Waals surface area contributed by atoms with Crippen LogP contribution in [0, 0.1) is 20.8 Å². The monoisotopic (exact) mass is 400 g/mol. The average Bonchev–Trinajstić information content (AvgIpc) is 3.03. The van der Waals surface area contributed by atoms with Crippen molar-refractivity contribution in [2.24, 2.45) is 0 Å². The van der Waals surface area contributed by atoms with Gasteiger partial charge in [-0.05, 0) is 51.3 Å². The van der Waals surface area contributed by atoms with Gasteiger partial charge in [0.2, 0.25) is 11.8 Å². The summed E-state index contributed by atoms with van der Waals surface area (Å²) in [6.45, 7) is 15.2. The first kappa shape index (κ1) is 21.3. The Bertz CT molecular complexity index is 862. The quantitative estimate of drug-likeness (QED) is 0.763. The number of rotatable bonds is 5. The summed E-state index contributed by atoms with van der Waals surface area (Å²) in [7, 11) is 0. The zero-order chi connectivity index (χ0) is 21.1. The number of benzene rings is 1. The average molecular weight is 401 g/mol. The third-order valence-electron chi connectivity index (χ3n) is 5.35. The molecule has 1 aliphatic rings. The van der Waals surface area contributed by atoms with Gasteiger partial charge in [-0.3, -0.25) is 4.90 Å². The number of aryl methyl sites for hydroxylation is 2. The number of carbonyl (C=O) groups excluding carboxylic acids is 1. The minimum absolute atomic E-state index is 0.0938. The Kier molecular flexibility index (Phi) is 6.57. The van der Waals surface area contributed by atoms with Gasteiger partial charge in [-0.2, -0.15) is 0 Å². The van der Waals surface area contributed by atoms with Crippen LogP contribution in [0.1, 0.15) is 54.8 Å². The molecule has 0 aliphatic carbocycles. The van der Waals surface area contributed by atoms with E-state index < -0.39 is 0 Å². The van der Waals surface area contributed by atoms with Crippen molar-refractivity contribution in [3.8, 4) is 0 Å². The van der Waals surface area contributed by atoms with Crippen LogP contribution in [0.25, 0.3) is 0 Å². The van der Waals surface area contributed by atoms with Gasteiger partial charge in [0, 0.05) is 39.1 Å². The van der Waals surface area contributed by atoms with Crippen LogP contribution in [0.15, 0.2) is 16.5 Å². The molecule has 0 saturated carbocycles. The first-order valence-electron chi connectivity index (χ1n) is 10.3. The Balaban J connectivity index is 1.68. The number of carbonyl (C=O) groups is 1. The van der Waals surface area contributed by atoms with E-state index >= 15 is 0 Å². The molecule has 2 heterocycles. The molecule has 0 radical (unpaired) electrons. The van der Waals surface area contributed by atoms with E-state index in [2.05, 4.69) is 48.0 Å². The summed E-state index contributed by atoms with van der Waals surface area (Å²) >= 11 is 0. The Labute approximate surface area is 173 Å². The second-order valence-electron chi connectivity index (χ2n) is 8.31. The maximum Gasteiger partial charge on any atom is 0.410 e.